The largest absolute Gasteiger partial charge is 0.356 e. The molecule has 0 aromatic heterocycles. The number of anilines is 1. The molecule has 27 heavy (non-hydrogen) atoms. The maximum Gasteiger partial charge on any atom is 0.232 e. The second-order valence-electron chi connectivity index (χ2n) is 6.88. The number of hydrogen-bond donors (Lipinski definition) is 1. The number of carbonyl (C=O) groups is 1. The zero-order valence-electron chi connectivity index (χ0n) is 16.2. The van der Waals surface area contributed by atoms with Crippen molar-refractivity contribution < 1.29 is 13.2 Å². The third-order valence-corrected chi connectivity index (χ3v) is 5.53. The van der Waals surface area contributed by atoms with Crippen LogP contribution in [0.5, 0.6) is 0 Å². The molecule has 5 nitrogen and oxygen atoms in total. The third kappa shape index (κ3) is 6.40. The Balaban J connectivity index is 1.98. The molecule has 0 unspecified atom stereocenters. The lowest BCUT2D eigenvalue weighted by Crippen LogP contribution is -2.35. The number of nitrogens with one attached hydrogen (secondary N) is 1. The van der Waals surface area contributed by atoms with Gasteiger partial charge in [0.2, 0.25) is 15.9 Å². The molecule has 0 aliphatic rings. The van der Waals surface area contributed by atoms with Crippen LogP contribution >= 0.6 is 0 Å². The number of rotatable bonds is 9. The standard InChI is InChI=1S/C21H28N2O3S/c1-17(2)19-11-7-8-12-20(19)23(27(3,25)26)16-14-21(24)22-15-13-18-9-5-4-6-10-18/h4-12,17H,13-16H2,1-3H3,(H,22,24). The Hall–Kier alpha value is -2.34. The molecule has 0 spiro atoms. The van der Waals surface area contributed by atoms with E-state index >= 15 is 0 Å². The normalized spacial score (nSPS) is 11.4. The number of sulfonamides is 1. The summed E-state index contributed by atoms with van der Waals surface area (Å²) in [5.41, 5.74) is 2.75. The van der Waals surface area contributed by atoms with Gasteiger partial charge in [0.1, 0.15) is 0 Å². The number of para-hydroxylation sites is 1. The van der Waals surface area contributed by atoms with E-state index in [1.807, 2.05) is 62.4 Å². The molecule has 6 heteroatoms. The van der Waals surface area contributed by atoms with Crippen molar-refractivity contribution >= 4 is 21.6 Å². The minimum atomic E-state index is -3.48. The molecule has 0 atom stereocenters. The van der Waals surface area contributed by atoms with E-state index in [1.54, 1.807) is 6.07 Å². The zero-order chi connectivity index (χ0) is 19.9. The molecule has 0 saturated carbocycles. The predicted octanol–water partition coefficient (Wildman–Crippen LogP) is 3.33. The Morgan fingerprint density at radius 1 is 1.04 bits per heavy atom. The van der Waals surface area contributed by atoms with E-state index in [0.717, 1.165) is 17.5 Å². The van der Waals surface area contributed by atoms with E-state index in [-0.39, 0.29) is 24.8 Å². The summed E-state index contributed by atoms with van der Waals surface area (Å²) in [5, 5.41) is 2.87. The van der Waals surface area contributed by atoms with Gasteiger partial charge in [-0.15, -0.1) is 0 Å². The first-order valence-corrected chi connectivity index (χ1v) is 11.0. The Kier molecular flexibility index (Phi) is 7.42. The molecule has 2 rings (SSSR count). The Morgan fingerprint density at radius 3 is 2.30 bits per heavy atom. The van der Waals surface area contributed by atoms with Crippen LogP contribution in [0.15, 0.2) is 54.6 Å². The van der Waals surface area contributed by atoms with E-state index in [2.05, 4.69) is 5.32 Å². The highest BCUT2D eigenvalue weighted by Crippen LogP contribution is 2.29. The molecule has 1 N–H and O–H groups in total. The average Bonchev–Trinajstić information content (AvgIpc) is 2.62. The van der Waals surface area contributed by atoms with Crippen LogP contribution in [-0.2, 0) is 21.2 Å². The van der Waals surface area contributed by atoms with Crippen molar-refractivity contribution in [2.45, 2.75) is 32.6 Å². The van der Waals surface area contributed by atoms with Crippen molar-refractivity contribution in [1.82, 2.24) is 5.32 Å². The second kappa shape index (κ2) is 9.55. The molecule has 0 aliphatic heterocycles. The summed E-state index contributed by atoms with van der Waals surface area (Å²) >= 11 is 0. The van der Waals surface area contributed by atoms with Crippen LogP contribution in [0.25, 0.3) is 0 Å². The summed E-state index contributed by atoms with van der Waals surface area (Å²) in [6, 6.07) is 17.4. The first-order valence-electron chi connectivity index (χ1n) is 9.16. The first kappa shape index (κ1) is 21.0. The number of amides is 1. The van der Waals surface area contributed by atoms with Crippen molar-refractivity contribution in [1.29, 1.82) is 0 Å². The molecule has 2 aromatic carbocycles. The molecule has 0 radical (unpaired) electrons. The average molecular weight is 389 g/mol. The molecule has 0 heterocycles. The van der Waals surface area contributed by atoms with Gasteiger partial charge in [-0.25, -0.2) is 8.42 Å². The fourth-order valence-electron chi connectivity index (χ4n) is 2.95. The lowest BCUT2D eigenvalue weighted by atomic mass is 10.0. The van der Waals surface area contributed by atoms with Crippen molar-refractivity contribution in [3.8, 4) is 0 Å². The summed E-state index contributed by atoms with van der Waals surface area (Å²) in [7, 11) is -3.48. The van der Waals surface area contributed by atoms with E-state index in [9.17, 15) is 13.2 Å². The van der Waals surface area contributed by atoms with E-state index in [0.29, 0.717) is 12.2 Å². The van der Waals surface area contributed by atoms with Gasteiger partial charge in [-0.2, -0.15) is 0 Å². The van der Waals surface area contributed by atoms with Crippen molar-refractivity contribution in [2.75, 3.05) is 23.7 Å². The molecule has 0 fully saturated rings. The van der Waals surface area contributed by atoms with Crippen LogP contribution in [0.3, 0.4) is 0 Å². The molecular formula is C21H28N2O3S. The topological polar surface area (TPSA) is 66.5 Å². The molecule has 1 amide bonds. The minimum Gasteiger partial charge on any atom is -0.356 e. The first-order chi connectivity index (χ1) is 12.8. The van der Waals surface area contributed by atoms with E-state index < -0.39 is 10.0 Å². The highest BCUT2D eigenvalue weighted by molar-refractivity contribution is 7.92. The maximum atomic E-state index is 12.3. The van der Waals surface area contributed by atoms with Gasteiger partial charge < -0.3 is 5.32 Å². The monoisotopic (exact) mass is 388 g/mol. The highest BCUT2D eigenvalue weighted by Gasteiger charge is 2.21. The lowest BCUT2D eigenvalue weighted by molar-refractivity contribution is -0.120. The molecular weight excluding hydrogens is 360 g/mol. The van der Waals surface area contributed by atoms with Gasteiger partial charge in [0, 0.05) is 19.5 Å². The molecule has 0 bridgehead atoms. The van der Waals surface area contributed by atoms with Crippen molar-refractivity contribution in [3.05, 3.63) is 65.7 Å². The number of hydrogen-bond acceptors (Lipinski definition) is 3. The fourth-order valence-corrected chi connectivity index (χ4v) is 3.90. The van der Waals surface area contributed by atoms with E-state index in [1.165, 1.54) is 10.6 Å². The molecule has 146 valence electrons. The molecule has 0 saturated heterocycles. The lowest BCUT2D eigenvalue weighted by Gasteiger charge is -2.26. The number of carbonyl (C=O) groups excluding carboxylic acids is 1. The summed E-state index contributed by atoms with van der Waals surface area (Å²) < 4.78 is 26.0. The Labute approximate surface area is 162 Å². The van der Waals surface area contributed by atoms with Gasteiger partial charge in [0.15, 0.2) is 0 Å². The van der Waals surface area contributed by atoms with Gasteiger partial charge in [0.25, 0.3) is 0 Å². The Morgan fingerprint density at radius 2 is 1.67 bits per heavy atom. The van der Waals surface area contributed by atoms with Gasteiger partial charge in [-0.3, -0.25) is 9.10 Å². The summed E-state index contributed by atoms with van der Waals surface area (Å²) in [6.45, 7) is 4.70. The summed E-state index contributed by atoms with van der Waals surface area (Å²) in [5.74, 6) is 0.0340. The number of nitrogens with zero attached hydrogens (tertiary/aromatic N) is 1. The highest BCUT2D eigenvalue weighted by atomic mass is 32.2. The molecule has 0 aliphatic carbocycles. The summed E-state index contributed by atoms with van der Waals surface area (Å²) in [4.78, 5) is 12.2. The van der Waals surface area contributed by atoms with Gasteiger partial charge in [-0.1, -0.05) is 62.4 Å². The minimum absolute atomic E-state index is 0.119. The zero-order valence-corrected chi connectivity index (χ0v) is 17.0. The quantitative estimate of drug-likeness (QED) is 0.717. The van der Waals surface area contributed by atoms with Gasteiger partial charge >= 0.3 is 0 Å². The van der Waals surface area contributed by atoms with Crippen LogP contribution in [0.4, 0.5) is 5.69 Å². The van der Waals surface area contributed by atoms with Crippen LogP contribution in [0.1, 0.15) is 37.3 Å². The van der Waals surface area contributed by atoms with Crippen LogP contribution in [0, 0.1) is 0 Å². The third-order valence-electron chi connectivity index (χ3n) is 4.35. The Bertz CT molecular complexity index is 849. The van der Waals surface area contributed by atoms with Crippen LogP contribution < -0.4 is 9.62 Å². The predicted molar refractivity (Wildman–Crippen MR) is 110 cm³/mol. The smallest absolute Gasteiger partial charge is 0.232 e. The van der Waals surface area contributed by atoms with Crippen LogP contribution in [0.2, 0.25) is 0 Å². The van der Waals surface area contributed by atoms with Gasteiger partial charge in [0.05, 0.1) is 11.9 Å². The van der Waals surface area contributed by atoms with Crippen molar-refractivity contribution in [2.24, 2.45) is 0 Å². The van der Waals surface area contributed by atoms with Crippen molar-refractivity contribution in [3.63, 3.8) is 0 Å². The number of benzene rings is 2. The fraction of sp³-hybridized carbons (Fsp3) is 0.381. The van der Waals surface area contributed by atoms with E-state index in [4.69, 9.17) is 0 Å². The summed E-state index contributed by atoms with van der Waals surface area (Å²) in [6.07, 6.45) is 2.05. The molecule has 2 aromatic rings. The second-order valence-corrected chi connectivity index (χ2v) is 8.79. The van der Waals surface area contributed by atoms with Gasteiger partial charge in [-0.05, 0) is 29.5 Å². The SMILES string of the molecule is CC(C)c1ccccc1N(CCC(=O)NCCc1ccccc1)S(C)(=O)=O. The van der Waals surface area contributed by atoms with Crippen LogP contribution in [-0.4, -0.2) is 33.7 Å². The maximum absolute atomic E-state index is 12.3.